The topological polar surface area (TPSA) is 118 Å². The minimum atomic E-state index is -0.466. The van der Waals surface area contributed by atoms with Crippen LogP contribution < -0.4 is 5.32 Å². The van der Waals surface area contributed by atoms with Crippen molar-refractivity contribution < 1.29 is 14.8 Å². The number of aromatic hydroxyl groups is 1. The SMILES string of the molecule is O=[N+]([O-])c1ccc2c(c1)c(N=NC(=S)NC1CCCCC1)c(O)n2CN1CCOCC1. The maximum atomic E-state index is 11.3. The maximum absolute atomic E-state index is 11.3. The molecule has 0 amide bonds. The molecule has 1 aliphatic heterocycles. The van der Waals surface area contributed by atoms with Crippen LogP contribution in [0.25, 0.3) is 10.9 Å². The van der Waals surface area contributed by atoms with Gasteiger partial charge in [0, 0.05) is 36.7 Å². The van der Waals surface area contributed by atoms with Gasteiger partial charge >= 0.3 is 0 Å². The molecule has 2 aromatic rings. The summed E-state index contributed by atoms with van der Waals surface area (Å²) < 4.78 is 7.08. The summed E-state index contributed by atoms with van der Waals surface area (Å²) >= 11 is 5.31. The number of hydrogen-bond acceptors (Lipinski definition) is 7. The van der Waals surface area contributed by atoms with Crippen molar-refractivity contribution in [2.45, 2.75) is 44.8 Å². The number of thiocarbonyl (C=S) groups is 1. The largest absolute Gasteiger partial charge is 0.493 e. The van der Waals surface area contributed by atoms with E-state index in [9.17, 15) is 15.2 Å². The lowest BCUT2D eigenvalue weighted by molar-refractivity contribution is -0.384. The second-order valence-corrected chi connectivity index (χ2v) is 8.30. The number of nitro benzene ring substituents is 1. The van der Waals surface area contributed by atoms with Gasteiger partial charge < -0.3 is 15.2 Å². The van der Waals surface area contributed by atoms with E-state index in [1.807, 2.05) is 0 Å². The smallest absolute Gasteiger partial charge is 0.270 e. The van der Waals surface area contributed by atoms with Gasteiger partial charge in [0.2, 0.25) is 11.0 Å². The van der Waals surface area contributed by atoms with Gasteiger partial charge in [0.05, 0.1) is 30.3 Å². The van der Waals surface area contributed by atoms with Crippen LogP contribution >= 0.6 is 12.2 Å². The molecule has 0 radical (unpaired) electrons. The molecule has 11 heteroatoms. The van der Waals surface area contributed by atoms with Crippen molar-refractivity contribution in [1.82, 2.24) is 14.8 Å². The van der Waals surface area contributed by atoms with E-state index in [0.717, 1.165) is 38.8 Å². The molecular formula is C20H26N6O4S. The van der Waals surface area contributed by atoms with Crippen molar-refractivity contribution in [3.05, 3.63) is 28.3 Å². The zero-order valence-electron chi connectivity index (χ0n) is 17.2. The van der Waals surface area contributed by atoms with Gasteiger partial charge in [-0.25, -0.2) is 0 Å². The van der Waals surface area contributed by atoms with Crippen LogP contribution in [-0.4, -0.2) is 57.0 Å². The van der Waals surface area contributed by atoms with E-state index in [-0.39, 0.29) is 28.4 Å². The number of ether oxygens (including phenoxy) is 1. The molecule has 10 nitrogen and oxygen atoms in total. The molecule has 1 saturated carbocycles. The van der Waals surface area contributed by atoms with E-state index in [4.69, 9.17) is 17.0 Å². The van der Waals surface area contributed by atoms with Crippen LogP contribution in [0.2, 0.25) is 0 Å². The fraction of sp³-hybridized carbons (Fsp3) is 0.550. The van der Waals surface area contributed by atoms with E-state index in [0.29, 0.717) is 30.8 Å². The Hall–Kier alpha value is -2.63. The predicted molar refractivity (Wildman–Crippen MR) is 120 cm³/mol. The lowest BCUT2D eigenvalue weighted by Gasteiger charge is -2.27. The predicted octanol–water partition coefficient (Wildman–Crippen LogP) is 3.84. The molecule has 1 aromatic carbocycles. The number of morpholine rings is 1. The molecule has 2 heterocycles. The second kappa shape index (κ2) is 9.67. The van der Waals surface area contributed by atoms with Gasteiger partial charge in [-0.2, -0.15) is 0 Å². The minimum absolute atomic E-state index is 0.0737. The summed E-state index contributed by atoms with van der Waals surface area (Å²) in [6.45, 7) is 3.14. The van der Waals surface area contributed by atoms with Crippen LogP contribution in [-0.2, 0) is 11.4 Å². The van der Waals surface area contributed by atoms with Crippen molar-refractivity contribution in [3.63, 3.8) is 0 Å². The van der Waals surface area contributed by atoms with Crippen LogP contribution in [0, 0.1) is 10.1 Å². The van der Waals surface area contributed by atoms with Crippen LogP contribution in [0.5, 0.6) is 5.88 Å². The summed E-state index contributed by atoms with van der Waals surface area (Å²) in [5, 5.41) is 34.4. The zero-order chi connectivity index (χ0) is 21.8. The molecular weight excluding hydrogens is 420 g/mol. The van der Waals surface area contributed by atoms with Gasteiger partial charge in [-0.15, -0.1) is 10.2 Å². The highest BCUT2D eigenvalue weighted by atomic mass is 32.1. The number of nitrogens with one attached hydrogen (secondary N) is 1. The third-order valence-corrected chi connectivity index (χ3v) is 6.02. The quantitative estimate of drug-likeness (QED) is 0.310. The molecule has 0 bridgehead atoms. The molecule has 2 N–H and O–H groups in total. The number of rotatable bonds is 5. The van der Waals surface area contributed by atoms with Crippen LogP contribution in [0.4, 0.5) is 11.4 Å². The molecule has 2 fully saturated rings. The monoisotopic (exact) mass is 446 g/mol. The van der Waals surface area contributed by atoms with Crippen molar-refractivity contribution in [3.8, 4) is 5.88 Å². The first-order valence-electron chi connectivity index (χ1n) is 10.5. The maximum Gasteiger partial charge on any atom is 0.270 e. The Morgan fingerprint density at radius 3 is 2.74 bits per heavy atom. The Labute approximate surface area is 185 Å². The van der Waals surface area contributed by atoms with Gasteiger partial charge in [-0.1, -0.05) is 19.3 Å². The molecule has 1 aliphatic carbocycles. The Bertz CT molecular complexity index is 995. The number of hydrogen-bond donors (Lipinski definition) is 2. The molecule has 4 rings (SSSR count). The van der Waals surface area contributed by atoms with Gasteiger partial charge in [0.15, 0.2) is 5.69 Å². The molecule has 0 spiro atoms. The van der Waals surface area contributed by atoms with Crippen LogP contribution in [0.1, 0.15) is 32.1 Å². The highest BCUT2D eigenvalue weighted by Gasteiger charge is 2.22. The summed E-state index contributed by atoms with van der Waals surface area (Å²) in [5.74, 6) is -0.0915. The number of nitro groups is 1. The summed E-state index contributed by atoms with van der Waals surface area (Å²) in [6.07, 6.45) is 5.66. The first-order chi connectivity index (χ1) is 15.0. The van der Waals surface area contributed by atoms with Crippen molar-refractivity contribution in [2.75, 3.05) is 26.3 Å². The average Bonchev–Trinajstić information content (AvgIpc) is 3.04. The lowest BCUT2D eigenvalue weighted by Crippen LogP contribution is -2.37. The van der Waals surface area contributed by atoms with E-state index >= 15 is 0 Å². The molecule has 1 saturated heterocycles. The first kappa shape index (κ1) is 21.6. The average molecular weight is 447 g/mol. The number of nitrogens with zero attached hydrogens (tertiary/aromatic N) is 5. The molecule has 166 valence electrons. The third-order valence-electron chi connectivity index (χ3n) is 5.82. The number of benzene rings is 1. The van der Waals surface area contributed by atoms with Crippen molar-refractivity contribution >= 4 is 39.6 Å². The third kappa shape index (κ3) is 5.00. The van der Waals surface area contributed by atoms with Gasteiger partial charge in [0.25, 0.3) is 5.69 Å². The minimum Gasteiger partial charge on any atom is -0.493 e. The van der Waals surface area contributed by atoms with E-state index < -0.39 is 4.92 Å². The van der Waals surface area contributed by atoms with E-state index in [2.05, 4.69) is 20.4 Å². The molecule has 31 heavy (non-hydrogen) atoms. The Morgan fingerprint density at radius 1 is 1.29 bits per heavy atom. The van der Waals surface area contributed by atoms with Gasteiger partial charge in [-0.05, 0) is 31.1 Å². The Kier molecular flexibility index (Phi) is 6.73. The van der Waals surface area contributed by atoms with Gasteiger partial charge in [-0.3, -0.25) is 19.6 Å². The van der Waals surface area contributed by atoms with Gasteiger partial charge in [0.1, 0.15) is 0 Å². The lowest BCUT2D eigenvalue weighted by atomic mass is 9.96. The zero-order valence-corrected chi connectivity index (χ0v) is 18.0. The van der Waals surface area contributed by atoms with E-state index in [1.165, 1.54) is 18.6 Å². The molecule has 1 aromatic heterocycles. The number of azo groups is 1. The summed E-state index contributed by atoms with van der Waals surface area (Å²) in [7, 11) is 0. The first-order valence-corrected chi connectivity index (χ1v) is 11.0. The van der Waals surface area contributed by atoms with Crippen molar-refractivity contribution in [1.29, 1.82) is 0 Å². The second-order valence-electron chi connectivity index (χ2n) is 7.92. The summed E-state index contributed by atoms with van der Waals surface area (Å²) in [4.78, 5) is 13.0. The molecule has 0 atom stereocenters. The van der Waals surface area contributed by atoms with E-state index in [1.54, 1.807) is 10.6 Å². The number of non-ortho nitro benzene ring substituents is 1. The number of fused-ring (bicyclic) bond motifs is 1. The van der Waals surface area contributed by atoms with Crippen molar-refractivity contribution in [2.24, 2.45) is 10.2 Å². The fourth-order valence-corrected chi connectivity index (χ4v) is 4.36. The van der Waals surface area contributed by atoms with Crippen LogP contribution in [0.15, 0.2) is 28.4 Å². The van der Waals surface area contributed by atoms with Crippen LogP contribution in [0.3, 0.4) is 0 Å². The highest BCUT2D eigenvalue weighted by molar-refractivity contribution is 7.80. The Morgan fingerprint density at radius 2 is 2.03 bits per heavy atom. The summed E-state index contributed by atoms with van der Waals surface area (Å²) in [6, 6.07) is 4.76. The normalized spacial score (nSPS) is 18.6. The Balaban J connectivity index is 1.63. The molecule has 0 unspecified atom stereocenters. The standard InChI is InChI=1S/C20H26N6O4S/c27-19-18(22-23-20(31)21-14-4-2-1-3-5-14)16-12-15(26(28)29)6-7-17(16)25(19)13-24-8-10-30-11-9-24/h6-7,12,14,27H,1-5,8-11,13H2,(H,21,31). The number of aromatic nitrogens is 1. The summed E-state index contributed by atoms with van der Waals surface area (Å²) in [5.41, 5.74) is 0.754. The highest BCUT2D eigenvalue weighted by Crippen LogP contribution is 2.40. The molecule has 2 aliphatic rings. The fourth-order valence-electron chi connectivity index (χ4n) is 4.16.